The van der Waals surface area contributed by atoms with Crippen LogP contribution in [0.5, 0.6) is 0 Å². The molecule has 3 rings (SSSR count). The van der Waals surface area contributed by atoms with E-state index in [2.05, 4.69) is 0 Å². The molecule has 2 amide bonds. The van der Waals surface area contributed by atoms with Crippen molar-refractivity contribution in [1.82, 2.24) is 4.90 Å². The lowest BCUT2D eigenvalue weighted by Crippen LogP contribution is -2.34. The van der Waals surface area contributed by atoms with Gasteiger partial charge in [0.2, 0.25) is 11.8 Å². The van der Waals surface area contributed by atoms with Crippen molar-refractivity contribution in [2.75, 3.05) is 18.5 Å². The predicted molar refractivity (Wildman–Crippen MR) is 93.7 cm³/mol. The van der Waals surface area contributed by atoms with Crippen LogP contribution in [-0.2, 0) is 16.1 Å². The van der Waals surface area contributed by atoms with Crippen molar-refractivity contribution in [3.8, 4) is 0 Å². The fourth-order valence-corrected chi connectivity index (χ4v) is 3.26. The topological polar surface area (TPSA) is 91.1 Å². The molecule has 1 aromatic carbocycles. The Balaban J connectivity index is 1.70. The van der Waals surface area contributed by atoms with Crippen molar-refractivity contribution in [3.05, 3.63) is 53.0 Å². The standard InChI is InChI=1S/C19H18F2N2O5/c1-10-14(19(26)27)7-13(28-10)9-22(2)18(25)11-5-17(24)23(8-11)16-4-3-12(20)6-15(16)21/h3-4,6-7,11H,5,8-9H2,1-2H3,(H,26,27)/t11-/m0/s1. The summed E-state index contributed by atoms with van der Waals surface area (Å²) in [7, 11) is 1.51. The van der Waals surface area contributed by atoms with Crippen LogP contribution >= 0.6 is 0 Å². The van der Waals surface area contributed by atoms with E-state index in [1.165, 1.54) is 24.9 Å². The molecule has 1 aromatic heterocycles. The molecule has 0 spiro atoms. The lowest BCUT2D eigenvalue weighted by Gasteiger charge is -2.21. The van der Waals surface area contributed by atoms with Crippen molar-refractivity contribution in [1.29, 1.82) is 0 Å². The average molecular weight is 392 g/mol. The molecule has 0 bridgehead atoms. The fraction of sp³-hybridized carbons (Fsp3) is 0.316. The number of hydrogen-bond acceptors (Lipinski definition) is 4. The summed E-state index contributed by atoms with van der Waals surface area (Å²) in [6.45, 7) is 1.52. The molecule has 1 fully saturated rings. The molecule has 1 aliphatic rings. The summed E-state index contributed by atoms with van der Waals surface area (Å²) in [5, 5.41) is 9.06. The van der Waals surface area contributed by atoms with E-state index >= 15 is 0 Å². The Kier molecular flexibility index (Phi) is 5.17. The number of nitrogens with zero attached hydrogens (tertiary/aromatic N) is 2. The number of halogens is 2. The number of benzene rings is 1. The Morgan fingerprint density at radius 3 is 2.64 bits per heavy atom. The summed E-state index contributed by atoms with van der Waals surface area (Å²) in [6, 6.07) is 4.25. The molecular formula is C19H18F2N2O5. The molecule has 1 atom stereocenters. The molecule has 148 valence electrons. The largest absolute Gasteiger partial charge is 0.478 e. The number of furan rings is 1. The van der Waals surface area contributed by atoms with Gasteiger partial charge in [0.25, 0.3) is 0 Å². The van der Waals surface area contributed by atoms with E-state index in [0.717, 1.165) is 17.0 Å². The minimum atomic E-state index is -1.13. The third kappa shape index (κ3) is 3.73. The van der Waals surface area contributed by atoms with Crippen LogP contribution in [0, 0.1) is 24.5 Å². The summed E-state index contributed by atoms with van der Waals surface area (Å²) < 4.78 is 32.4. The molecule has 0 unspecified atom stereocenters. The van der Waals surface area contributed by atoms with Gasteiger partial charge < -0.3 is 19.3 Å². The van der Waals surface area contributed by atoms with Gasteiger partial charge >= 0.3 is 5.97 Å². The number of anilines is 1. The summed E-state index contributed by atoms with van der Waals surface area (Å²) >= 11 is 0. The smallest absolute Gasteiger partial charge is 0.339 e. The maximum atomic E-state index is 14.0. The molecule has 0 radical (unpaired) electrons. The summed E-state index contributed by atoms with van der Waals surface area (Å²) in [6.07, 6.45) is -0.0997. The second-order valence-corrected chi connectivity index (χ2v) is 6.68. The van der Waals surface area contributed by atoms with Crippen molar-refractivity contribution in [2.45, 2.75) is 19.9 Å². The molecule has 0 saturated carbocycles. The van der Waals surface area contributed by atoms with Gasteiger partial charge in [0.05, 0.1) is 18.2 Å². The fourth-order valence-electron chi connectivity index (χ4n) is 3.26. The molecule has 2 heterocycles. The van der Waals surface area contributed by atoms with Crippen LogP contribution in [0.3, 0.4) is 0 Å². The number of aromatic carboxylic acids is 1. The van der Waals surface area contributed by atoms with Gasteiger partial charge in [-0.1, -0.05) is 0 Å². The number of aryl methyl sites for hydroxylation is 1. The zero-order chi connectivity index (χ0) is 20.6. The van der Waals surface area contributed by atoms with Crippen LogP contribution in [0.2, 0.25) is 0 Å². The Hall–Kier alpha value is -3.23. The van der Waals surface area contributed by atoms with Crippen LogP contribution in [0.1, 0.15) is 28.3 Å². The van der Waals surface area contributed by atoms with Gasteiger partial charge in [0.1, 0.15) is 28.7 Å². The number of amides is 2. The third-order valence-corrected chi connectivity index (χ3v) is 4.64. The Bertz CT molecular complexity index is 956. The maximum Gasteiger partial charge on any atom is 0.339 e. The number of carboxylic acid groups (broad SMARTS) is 1. The molecule has 7 nitrogen and oxygen atoms in total. The lowest BCUT2D eigenvalue weighted by atomic mass is 10.1. The van der Waals surface area contributed by atoms with E-state index in [1.807, 2.05) is 0 Å². The molecule has 1 saturated heterocycles. The van der Waals surface area contributed by atoms with Gasteiger partial charge in [0.15, 0.2) is 0 Å². The first-order chi connectivity index (χ1) is 13.2. The van der Waals surface area contributed by atoms with Crippen molar-refractivity contribution < 1.29 is 32.7 Å². The SMILES string of the molecule is Cc1oc(CN(C)C(=O)[C@H]2CC(=O)N(c3ccc(F)cc3F)C2)cc1C(=O)O. The highest BCUT2D eigenvalue weighted by molar-refractivity contribution is 6.00. The van der Waals surface area contributed by atoms with Crippen molar-refractivity contribution >= 4 is 23.5 Å². The van der Waals surface area contributed by atoms with Gasteiger partial charge in [-0.15, -0.1) is 0 Å². The summed E-state index contributed by atoms with van der Waals surface area (Å²) in [5.74, 6) is -3.70. The highest BCUT2D eigenvalue weighted by Crippen LogP contribution is 2.29. The van der Waals surface area contributed by atoms with Crippen LogP contribution in [-0.4, -0.2) is 41.4 Å². The zero-order valence-electron chi connectivity index (χ0n) is 15.2. The molecule has 0 aliphatic carbocycles. The van der Waals surface area contributed by atoms with Crippen molar-refractivity contribution in [3.63, 3.8) is 0 Å². The van der Waals surface area contributed by atoms with E-state index in [4.69, 9.17) is 9.52 Å². The molecule has 9 heteroatoms. The van der Waals surface area contributed by atoms with E-state index in [-0.39, 0.29) is 42.4 Å². The van der Waals surface area contributed by atoms with E-state index in [0.29, 0.717) is 11.8 Å². The molecular weight excluding hydrogens is 374 g/mol. The van der Waals surface area contributed by atoms with E-state index in [1.54, 1.807) is 0 Å². The Morgan fingerprint density at radius 1 is 1.32 bits per heavy atom. The minimum Gasteiger partial charge on any atom is -0.478 e. The quantitative estimate of drug-likeness (QED) is 0.845. The first-order valence-corrected chi connectivity index (χ1v) is 8.50. The molecule has 2 aromatic rings. The van der Waals surface area contributed by atoms with Crippen LogP contribution in [0.15, 0.2) is 28.7 Å². The van der Waals surface area contributed by atoms with E-state index in [9.17, 15) is 23.2 Å². The highest BCUT2D eigenvalue weighted by atomic mass is 19.1. The average Bonchev–Trinajstić information content (AvgIpc) is 3.17. The third-order valence-electron chi connectivity index (χ3n) is 4.64. The molecule has 28 heavy (non-hydrogen) atoms. The lowest BCUT2D eigenvalue weighted by molar-refractivity contribution is -0.135. The van der Waals surface area contributed by atoms with Crippen LogP contribution in [0.25, 0.3) is 0 Å². The van der Waals surface area contributed by atoms with Gasteiger partial charge in [-0.3, -0.25) is 9.59 Å². The van der Waals surface area contributed by atoms with Crippen LogP contribution in [0.4, 0.5) is 14.5 Å². The molecule has 1 aliphatic heterocycles. The van der Waals surface area contributed by atoms with Gasteiger partial charge in [-0.25, -0.2) is 13.6 Å². The Morgan fingerprint density at radius 2 is 2.04 bits per heavy atom. The minimum absolute atomic E-state index is 0.0184. The maximum absolute atomic E-state index is 14.0. The first-order valence-electron chi connectivity index (χ1n) is 8.50. The highest BCUT2D eigenvalue weighted by Gasteiger charge is 2.37. The summed E-state index contributed by atoms with van der Waals surface area (Å²) in [5.41, 5.74) is -0.0537. The van der Waals surface area contributed by atoms with Crippen LogP contribution < -0.4 is 4.90 Å². The first kappa shape index (κ1) is 19.5. The second kappa shape index (κ2) is 7.41. The van der Waals surface area contributed by atoms with Gasteiger partial charge in [-0.05, 0) is 25.1 Å². The number of carbonyl (C=O) groups is 3. The number of rotatable bonds is 5. The monoisotopic (exact) mass is 392 g/mol. The number of hydrogen-bond donors (Lipinski definition) is 1. The number of carboxylic acids is 1. The Labute approximate surface area is 159 Å². The second-order valence-electron chi connectivity index (χ2n) is 6.68. The van der Waals surface area contributed by atoms with Crippen molar-refractivity contribution in [2.24, 2.45) is 5.92 Å². The van der Waals surface area contributed by atoms with Gasteiger partial charge in [0, 0.05) is 26.1 Å². The van der Waals surface area contributed by atoms with E-state index < -0.39 is 29.4 Å². The normalized spacial score (nSPS) is 16.5. The van der Waals surface area contributed by atoms with Gasteiger partial charge in [-0.2, -0.15) is 0 Å². The summed E-state index contributed by atoms with van der Waals surface area (Å²) in [4.78, 5) is 38.5. The predicted octanol–water partition coefficient (Wildman–Crippen LogP) is 2.58. The number of carbonyl (C=O) groups excluding carboxylic acids is 2. The molecule has 1 N–H and O–H groups in total. The zero-order valence-corrected chi connectivity index (χ0v) is 15.2.